The highest BCUT2D eigenvalue weighted by molar-refractivity contribution is 5.94. The highest BCUT2D eigenvalue weighted by atomic mass is 35.5. The topological polar surface area (TPSA) is 120 Å². The second kappa shape index (κ2) is 33.8. The highest BCUT2D eigenvalue weighted by Gasteiger charge is 2.09. The molecule has 0 aromatic heterocycles. The van der Waals surface area contributed by atoms with Crippen LogP contribution < -0.4 is 22.5 Å². The first-order valence-electron chi connectivity index (χ1n) is 5.56. The van der Waals surface area contributed by atoms with Gasteiger partial charge >= 0.3 is 6.03 Å². The Morgan fingerprint density at radius 1 is 1.04 bits per heavy atom. The number of urea groups is 1. The van der Waals surface area contributed by atoms with Gasteiger partial charge in [0.25, 0.3) is 0 Å². The van der Waals surface area contributed by atoms with Gasteiger partial charge in [-0.2, -0.15) is 0 Å². The Balaban J connectivity index is -0.0000000402. The quantitative estimate of drug-likeness (QED) is 0.385. The molecule has 0 aromatic rings. The van der Waals surface area contributed by atoms with Crippen LogP contribution in [-0.2, 0) is 0 Å². The van der Waals surface area contributed by atoms with Crippen molar-refractivity contribution >= 4 is 36.8 Å². The van der Waals surface area contributed by atoms with Crippen molar-refractivity contribution in [1.82, 2.24) is 5.32 Å². The molecule has 0 aromatic carbocycles. The molecule has 0 aliphatic carbocycles. The molecule has 24 heavy (non-hydrogen) atoms. The number of nitrogens with one attached hydrogen (secondary N) is 1. The minimum Gasteiger partial charge on any atom is -0.370 e. The maximum absolute atomic E-state index is 10.5. The number of amides is 2. The predicted molar refractivity (Wildman–Crippen MR) is 121 cm³/mol. The van der Waals surface area contributed by atoms with Crippen LogP contribution in [0.3, 0.4) is 0 Å². The third-order valence-electron chi connectivity index (χ3n) is 2.47. The molecule has 2 unspecified atom stereocenters. The lowest BCUT2D eigenvalue weighted by Crippen LogP contribution is -2.40. The molecule has 0 aliphatic heterocycles. The monoisotopic (exact) mass is 397 g/mol. The number of nitrogens with zero attached hydrogens (tertiary/aromatic N) is 1. The van der Waals surface area contributed by atoms with E-state index in [0.29, 0.717) is 24.9 Å². The minimum absolute atomic E-state index is 0. The van der Waals surface area contributed by atoms with E-state index in [4.69, 9.17) is 17.2 Å². The second-order valence-electron chi connectivity index (χ2n) is 4.07. The van der Waals surface area contributed by atoms with Crippen molar-refractivity contribution in [3.05, 3.63) is 0 Å². The number of rotatable bonds is 6. The minimum atomic E-state index is -0.692. The molecule has 6 nitrogen and oxygen atoms in total. The van der Waals surface area contributed by atoms with Gasteiger partial charge < -0.3 is 17.2 Å². The smallest absolute Gasteiger partial charge is 0.318 e. The van der Waals surface area contributed by atoms with Crippen molar-refractivity contribution in [3.63, 3.8) is 0 Å². The standard InChI is InChI=1S/C10H23N5O.6CH4.2ClH/c1-3-8(5-11)4-7(2)6-14-9(12)15-10(13)16;;;;;;;;/h7-8H,3-6,11H2,1-2H3,(H5,12,13,14,15,16);6*1H4;2*1H. The molecule has 2 atom stereocenters. The summed E-state index contributed by atoms with van der Waals surface area (Å²) in [4.78, 5) is 14.5. The van der Waals surface area contributed by atoms with Crippen molar-refractivity contribution < 1.29 is 4.79 Å². The van der Waals surface area contributed by atoms with Gasteiger partial charge in [-0.3, -0.25) is 10.3 Å². The Bertz CT molecular complexity index is 251. The third-order valence-corrected chi connectivity index (χ3v) is 2.47. The van der Waals surface area contributed by atoms with Gasteiger partial charge in [0.05, 0.1) is 0 Å². The van der Waals surface area contributed by atoms with Crippen LogP contribution in [0, 0.1) is 11.8 Å². The third kappa shape index (κ3) is 33.0. The van der Waals surface area contributed by atoms with E-state index in [1.54, 1.807) is 0 Å². The van der Waals surface area contributed by atoms with Gasteiger partial charge in [-0.25, -0.2) is 4.79 Å². The van der Waals surface area contributed by atoms with E-state index >= 15 is 0 Å². The average molecular weight is 399 g/mol. The van der Waals surface area contributed by atoms with Crippen LogP contribution in [0.4, 0.5) is 4.79 Å². The lowest BCUT2D eigenvalue weighted by Gasteiger charge is -2.16. The summed E-state index contributed by atoms with van der Waals surface area (Å²) in [7, 11) is 0. The molecule has 7 N–H and O–H groups in total. The van der Waals surface area contributed by atoms with E-state index in [2.05, 4.69) is 24.2 Å². The zero-order valence-corrected chi connectivity index (χ0v) is 12.5. The van der Waals surface area contributed by atoms with Crippen LogP contribution in [0.25, 0.3) is 0 Å². The number of aliphatic imine (C=N–C) groups is 1. The molecule has 158 valence electrons. The number of hydrogen-bond donors (Lipinski definition) is 4. The normalized spacial score (nSPS) is 10.4. The Labute approximate surface area is 165 Å². The summed E-state index contributed by atoms with van der Waals surface area (Å²) < 4.78 is 0. The SMILES string of the molecule is C.C.C.C.C.C.CCC(CN)CC(C)CN=C(N)NC(N)=O.Cl.Cl. The number of carbonyl (C=O) groups is 1. The molecule has 0 heterocycles. The molecule has 0 fully saturated rings. The fourth-order valence-corrected chi connectivity index (χ4v) is 1.49. The first kappa shape index (κ1) is 56.7. The zero-order chi connectivity index (χ0) is 12.6. The summed E-state index contributed by atoms with van der Waals surface area (Å²) >= 11 is 0. The lowest BCUT2D eigenvalue weighted by atomic mass is 9.94. The van der Waals surface area contributed by atoms with Crippen molar-refractivity contribution in [2.75, 3.05) is 13.1 Å². The lowest BCUT2D eigenvalue weighted by molar-refractivity contribution is 0.253. The highest BCUT2D eigenvalue weighted by Crippen LogP contribution is 2.14. The van der Waals surface area contributed by atoms with E-state index in [0.717, 1.165) is 12.8 Å². The summed E-state index contributed by atoms with van der Waals surface area (Å²) in [6.45, 7) is 5.47. The van der Waals surface area contributed by atoms with E-state index in [1.165, 1.54) is 0 Å². The molecular weight excluding hydrogens is 349 g/mol. The Hall–Kier alpha value is -0.720. The summed E-state index contributed by atoms with van der Waals surface area (Å²) in [5, 5.41) is 2.22. The van der Waals surface area contributed by atoms with Crippen molar-refractivity contribution in [2.24, 2.45) is 34.0 Å². The molecular formula is C16H49Cl2N5O. The summed E-state index contributed by atoms with van der Waals surface area (Å²) in [5.74, 6) is 0.984. The predicted octanol–water partition coefficient (Wildman–Crippen LogP) is 4.64. The van der Waals surface area contributed by atoms with Gasteiger partial charge in [0.2, 0.25) is 0 Å². The molecule has 0 spiro atoms. The van der Waals surface area contributed by atoms with Crippen LogP contribution in [0.15, 0.2) is 4.99 Å². The molecule has 0 aliphatic rings. The average Bonchev–Trinajstić information content (AvgIpc) is 2.22. The van der Waals surface area contributed by atoms with Crippen LogP contribution in [0.2, 0.25) is 0 Å². The summed E-state index contributed by atoms with van der Waals surface area (Å²) in [6.07, 6.45) is 2.08. The van der Waals surface area contributed by atoms with Crippen molar-refractivity contribution in [2.45, 2.75) is 71.2 Å². The van der Waals surface area contributed by atoms with Gasteiger partial charge in [0.1, 0.15) is 0 Å². The largest absolute Gasteiger partial charge is 0.370 e. The van der Waals surface area contributed by atoms with Crippen LogP contribution in [0.5, 0.6) is 0 Å². The maximum Gasteiger partial charge on any atom is 0.318 e. The van der Waals surface area contributed by atoms with Crippen molar-refractivity contribution in [3.8, 4) is 0 Å². The number of carbonyl (C=O) groups excluding carboxylic acids is 1. The molecule has 0 bridgehead atoms. The first-order valence-corrected chi connectivity index (χ1v) is 5.56. The van der Waals surface area contributed by atoms with Gasteiger partial charge in [0, 0.05) is 6.54 Å². The van der Waals surface area contributed by atoms with Crippen LogP contribution in [0.1, 0.15) is 71.2 Å². The Kier molecular flexibility index (Phi) is 79.8. The Morgan fingerprint density at radius 3 is 1.75 bits per heavy atom. The fraction of sp³-hybridized carbons (Fsp3) is 0.875. The molecule has 0 saturated heterocycles. The number of hydrogen-bond acceptors (Lipinski definition) is 3. The molecule has 0 saturated carbocycles. The second-order valence-corrected chi connectivity index (χ2v) is 4.07. The van der Waals surface area contributed by atoms with Gasteiger partial charge in [0.15, 0.2) is 5.96 Å². The van der Waals surface area contributed by atoms with Gasteiger partial charge in [-0.05, 0) is 24.8 Å². The maximum atomic E-state index is 10.5. The van der Waals surface area contributed by atoms with Crippen molar-refractivity contribution in [1.29, 1.82) is 0 Å². The molecule has 0 rings (SSSR count). The van der Waals surface area contributed by atoms with Crippen LogP contribution in [-0.4, -0.2) is 25.1 Å². The first-order chi connectivity index (χ1) is 7.49. The number of primary amides is 1. The number of halogens is 2. The van der Waals surface area contributed by atoms with Crippen LogP contribution >= 0.6 is 24.8 Å². The zero-order valence-electron chi connectivity index (χ0n) is 10.9. The molecule has 2 amide bonds. The summed E-state index contributed by atoms with van der Waals surface area (Å²) in [5.41, 5.74) is 15.9. The van der Waals surface area contributed by atoms with E-state index in [1.807, 2.05) is 0 Å². The number of guanidine groups is 1. The van der Waals surface area contributed by atoms with E-state index in [9.17, 15) is 4.79 Å². The number of nitrogens with two attached hydrogens (primary N) is 3. The van der Waals surface area contributed by atoms with Gasteiger partial charge in [-0.1, -0.05) is 64.8 Å². The summed E-state index contributed by atoms with van der Waals surface area (Å²) in [6, 6.07) is -0.692. The van der Waals surface area contributed by atoms with Gasteiger partial charge in [-0.15, -0.1) is 24.8 Å². The Morgan fingerprint density at radius 2 is 1.46 bits per heavy atom. The van der Waals surface area contributed by atoms with E-state index < -0.39 is 6.03 Å². The van der Waals surface area contributed by atoms with E-state index in [-0.39, 0.29) is 75.3 Å². The molecule has 8 heteroatoms. The molecule has 0 radical (unpaired) electrons. The fourth-order valence-electron chi connectivity index (χ4n) is 1.49.